The Kier molecular flexibility index (Phi) is 3.41. The first-order chi connectivity index (χ1) is 4.20. The molecule has 0 heterocycles. The van der Waals surface area contributed by atoms with E-state index in [-0.39, 0.29) is 18.9 Å². The molecule has 48 valence electrons. The third kappa shape index (κ3) is 2.02. The van der Waals surface area contributed by atoms with E-state index in [9.17, 15) is 13.9 Å². The van der Waals surface area contributed by atoms with Gasteiger partial charge in [-0.2, -0.15) is 0 Å². The third-order valence-electron chi connectivity index (χ3n) is 0.893. The maximum Gasteiger partial charge on any atom is 1.00 e. The molecule has 1 aromatic carbocycles. The molecule has 0 atom stereocenters. The summed E-state index contributed by atoms with van der Waals surface area (Å²) in [7, 11) is 0. The molecule has 0 saturated heterocycles. The van der Waals surface area contributed by atoms with Crippen LogP contribution in [0.2, 0.25) is 0 Å². The van der Waals surface area contributed by atoms with Crippen LogP contribution < -0.4 is 24.0 Å². The van der Waals surface area contributed by atoms with Crippen molar-refractivity contribution >= 4 is 0 Å². The zero-order chi connectivity index (χ0) is 6.85. The van der Waals surface area contributed by atoms with Gasteiger partial charge in [0.1, 0.15) is 11.6 Å². The smallest absolute Gasteiger partial charge is 0.870 e. The zero-order valence-electron chi connectivity index (χ0n) is 5.40. The van der Waals surface area contributed by atoms with Gasteiger partial charge in [-0.05, 0) is 18.2 Å². The molecule has 1 nitrogen and oxygen atoms in total. The molecule has 0 aliphatic heterocycles. The van der Waals surface area contributed by atoms with Crippen LogP contribution in [0.5, 0.6) is 5.75 Å². The fourth-order valence-electron chi connectivity index (χ4n) is 0.477. The second-order valence-electron chi connectivity index (χ2n) is 1.57. The SMILES string of the molecule is [Li+].[O-]c1cc(F)ccc1F. The molecule has 1 aromatic rings. The summed E-state index contributed by atoms with van der Waals surface area (Å²) < 4.78 is 24.0. The van der Waals surface area contributed by atoms with Crippen molar-refractivity contribution < 1.29 is 32.7 Å². The summed E-state index contributed by atoms with van der Waals surface area (Å²) in [5.74, 6) is -2.53. The summed E-state index contributed by atoms with van der Waals surface area (Å²) >= 11 is 0. The molecule has 0 radical (unpaired) electrons. The first kappa shape index (κ1) is 9.48. The van der Waals surface area contributed by atoms with Crippen LogP contribution in [0.25, 0.3) is 0 Å². The predicted molar refractivity (Wildman–Crippen MR) is 25.8 cm³/mol. The van der Waals surface area contributed by atoms with Crippen LogP contribution in [-0.2, 0) is 0 Å². The molecule has 1 rings (SSSR count). The molecule has 0 spiro atoms. The number of hydrogen-bond donors (Lipinski definition) is 0. The molecule has 0 aliphatic carbocycles. The monoisotopic (exact) mass is 136 g/mol. The van der Waals surface area contributed by atoms with E-state index in [2.05, 4.69) is 0 Å². The Morgan fingerprint density at radius 1 is 1.20 bits per heavy atom. The molecule has 4 heteroatoms. The minimum Gasteiger partial charge on any atom is -0.870 e. The summed E-state index contributed by atoms with van der Waals surface area (Å²) in [5.41, 5.74) is 0. The summed E-state index contributed by atoms with van der Waals surface area (Å²) in [5, 5.41) is 10.2. The normalized spacial score (nSPS) is 8.60. The Balaban J connectivity index is 0.000000810. The van der Waals surface area contributed by atoms with Crippen LogP contribution in [-0.4, -0.2) is 0 Å². The van der Waals surface area contributed by atoms with Crippen molar-refractivity contribution in [1.29, 1.82) is 0 Å². The van der Waals surface area contributed by atoms with Crippen molar-refractivity contribution in [2.75, 3.05) is 0 Å². The average molecular weight is 136 g/mol. The van der Waals surface area contributed by atoms with E-state index < -0.39 is 17.4 Å². The van der Waals surface area contributed by atoms with Crippen LogP contribution in [0.4, 0.5) is 8.78 Å². The van der Waals surface area contributed by atoms with Gasteiger partial charge in [-0.15, -0.1) is 0 Å². The van der Waals surface area contributed by atoms with Gasteiger partial charge >= 0.3 is 18.9 Å². The van der Waals surface area contributed by atoms with Gasteiger partial charge in [0.2, 0.25) is 0 Å². The largest absolute Gasteiger partial charge is 1.00 e. The average Bonchev–Trinajstić information content (AvgIpc) is 1.80. The number of hydrogen-bond acceptors (Lipinski definition) is 1. The van der Waals surface area contributed by atoms with Crippen LogP contribution >= 0.6 is 0 Å². The Hall–Kier alpha value is -0.523. The predicted octanol–water partition coefficient (Wildman–Crippen LogP) is -1.96. The summed E-state index contributed by atoms with van der Waals surface area (Å²) in [4.78, 5) is 0. The van der Waals surface area contributed by atoms with Gasteiger partial charge in [0.25, 0.3) is 0 Å². The van der Waals surface area contributed by atoms with Gasteiger partial charge in [0.15, 0.2) is 0 Å². The van der Waals surface area contributed by atoms with Crippen molar-refractivity contribution in [2.24, 2.45) is 0 Å². The molecule has 0 aliphatic rings. The van der Waals surface area contributed by atoms with Gasteiger partial charge in [0.05, 0.1) is 0 Å². The Morgan fingerprint density at radius 3 is 2.20 bits per heavy atom. The minimum atomic E-state index is -0.920. The maximum absolute atomic E-state index is 12.0. The van der Waals surface area contributed by atoms with Gasteiger partial charge in [0, 0.05) is 0 Å². The first-order valence-electron chi connectivity index (χ1n) is 2.32. The molecule has 0 unspecified atom stereocenters. The van der Waals surface area contributed by atoms with E-state index in [0.717, 1.165) is 12.1 Å². The molecule has 0 saturated carbocycles. The fourth-order valence-corrected chi connectivity index (χ4v) is 0.477. The van der Waals surface area contributed by atoms with Crippen molar-refractivity contribution in [3.63, 3.8) is 0 Å². The second-order valence-corrected chi connectivity index (χ2v) is 1.57. The topological polar surface area (TPSA) is 23.1 Å². The molecule has 0 amide bonds. The number of benzene rings is 1. The fraction of sp³-hybridized carbons (Fsp3) is 0. The quantitative estimate of drug-likeness (QED) is 0.380. The third-order valence-corrected chi connectivity index (χ3v) is 0.893. The Labute approximate surface area is 68.9 Å². The second kappa shape index (κ2) is 3.60. The van der Waals surface area contributed by atoms with Gasteiger partial charge < -0.3 is 5.11 Å². The summed E-state index contributed by atoms with van der Waals surface area (Å²) in [6, 6.07) is 2.31. The van der Waals surface area contributed by atoms with Gasteiger partial charge in [-0.1, -0.05) is 5.75 Å². The van der Waals surface area contributed by atoms with Crippen LogP contribution in [0.15, 0.2) is 18.2 Å². The first-order valence-corrected chi connectivity index (χ1v) is 2.32. The Morgan fingerprint density at radius 2 is 1.80 bits per heavy atom. The zero-order valence-corrected chi connectivity index (χ0v) is 5.40. The summed E-state index contributed by atoms with van der Waals surface area (Å²) in [6.45, 7) is 0. The van der Waals surface area contributed by atoms with E-state index in [1.807, 2.05) is 0 Å². The van der Waals surface area contributed by atoms with Crippen LogP contribution in [0, 0.1) is 11.6 Å². The van der Waals surface area contributed by atoms with E-state index >= 15 is 0 Å². The van der Waals surface area contributed by atoms with E-state index in [4.69, 9.17) is 0 Å². The van der Waals surface area contributed by atoms with Gasteiger partial charge in [-0.3, -0.25) is 0 Å². The Bertz CT molecular complexity index is 227. The number of rotatable bonds is 0. The molecular formula is C6H3F2LiO. The number of halogens is 2. The van der Waals surface area contributed by atoms with Crippen LogP contribution in [0.1, 0.15) is 0 Å². The van der Waals surface area contributed by atoms with Crippen molar-refractivity contribution in [3.05, 3.63) is 29.8 Å². The van der Waals surface area contributed by atoms with E-state index in [1.54, 1.807) is 0 Å². The molecule has 0 fully saturated rings. The van der Waals surface area contributed by atoms with Crippen molar-refractivity contribution in [1.82, 2.24) is 0 Å². The molecule has 0 N–H and O–H groups in total. The van der Waals surface area contributed by atoms with Crippen molar-refractivity contribution in [3.8, 4) is 5.75 Å². The standard InChI is InChI=1S/C6H4F2O.Li/c7-4-1-2-5(8)6(9)3-4;/h1-3,9H;/q;+1/p-1. The van der Waals surface area contributed by atoms with Crippen molar-refractivity contribution in [2.45, 2.75) is 0 Å². The molecule has 0 aromatic heterocycles. The summed E-state index contributed by atoms with van der Waals surface area (Å²) in [6.07, 6.45) is 0. The molecular weight excluding hydrogens is 133 g/mol. The maximum atomic E-state index is 12.0. The minimum absolute atomic E-state index is 0. The molecule has 0 bridgehead atoms. The molecule has 10 heavy (non-hydrogen) atoms. The van der Waals surface area contributed by atoms with Gasteiger partial charge in [-0.25, -0.2) is 8.78 Å². The van der Waals surface area contributed by atoms with E-state index in [1.165, 1.54) is 0 Å². The van der Waals surface area contributed by atoms with Crippen LogP contribution in [0.3, 0.4) is 0 Å². The van der Waals surface area contributed by atoms with E-state index in [0.29, 0.717) is 6.07 Å².